The van der Waals surface area contributed by atoms with Crippen molar-refractivity contribution in [1.82, 2.24) is 4.98 Å². The van der Waals surface area contributed by atoms with Crippen molar-refractivity contribution in [2.75, 3.05) is 7.11 Å². The standard InChI is InChI=1S/C12H17NO2/c1-15-11-10(6-5-9-13-11)12(14)7-3-2-4-8-12/h5-6,9,14H,2-4,7-8H2,1H3. The maximum atomic E-state index is 10.5. The molecule has 0 spiro atoms. The maximum absolute atomic E-state index is 10.5. The van der Waals surface area contributed by atoms with E-state index in [9.17, 15) is 5.11 Å². The van der Waals surface area contributed by atoms with Crippen LogP contribution in [0, 0.1) is 0 Å². The van der Waals surface area contributed by atoms with Crippen molar-refractivity contribution in [2.45, 2.75) is 37.7 Å². The minimum atomic E-state index is -0.724. The number of aliphatic hydroxyl groups is 1. The Hall–Kier alpha value is -1.09. The molecule has 0 aromatic carbocycles. The van der Waals surface area contributed by atoms with Gasteiger partial charge in [-0.3, -0.25) is 0 Å². The zero-order valence-electron chi connectivity index (χ0n) is 9.07. The first-order valence-electron chi connectivity index (χ1n) is 5.48. The van der Waals surface area contributed by atoms with Gasteiger partial charge in [-0.15, -0.1) is 0 Å². The highest BCUT2D eigenvalue weighted by Crippen LogP contribution is 2.39. The zero-order valence-corrected chi connectivity index (χ0v) is 9.07. The van der Waals surface area contributed by atoms with Gasteiger partial charge in [0.05, 0.1) is 12.7 Å². The summed E-state index contributed by atoms with van der Waals surface area (Å²) < 4.78 is 5.19. The van der Waals surface area contributed by atoms with Crippen molar-refractivity contribution in [1.29, 1.82) is 0 Å². The number of pyridine rings is 1. The summed E-state index contributed by atoms with van der Waals surface area (Å²) in [6.45, 7) is 0. The highest BCUT2D eigenvalue weighted by atomic mass is 16.5. The molecule has 3 nitrogen and oxygen atoms in total. The molecule has 0 aliphatic heterocycles. The fraction of sp³-hybridized carbons (Fsp3) is 0.583. The molecule has 3 heteroatoms. The molecule has 0 unspecified atom stereocenters. The largest absolute Gasteiger partial charge is 0.481 e. The van der Waals surface area contributed by atoms with Gasteiger partial charge in [0, 0.05) is 11.8 Å². The number of aromatic nitrogens is 1. The summed E-state index contributed by atoms with van der Waals surface area (Å²) in [6.07, 6.45) is 6.69. The highest BCUT2D eigenvalue weighted by Gasteiger charge is 2.34. The van der Waals surface area contributed by atoms with Gasteiger partial charge < -0.3 is 9.84 Å². The van der Waals surface area contributed by atoms with Crippen LogP contribution in [-0.4, -0.2) is 17.2 Å². The van der Waals surface area contributed by atoms with Gasteiger partial charge in [-0.05, 0) is 25.0 Å². The molecule has 0 radical (unpaired) electrons. The lowest BCUT2D eigenvalue weighted by atomic mass is 9.80. The van der Waals surface area contributed by atoms with Crippen molar-refractivity contribution in [3.05, 3.63) is 23.9 Å². The predicted molar refractivity (Wildman–Crippen MR) is 57.8 cm³/mol. The fourth-order valence-corrected chi connectivity index (χ4v) is 2.31. The van der Waals surface area contributed by atoms with Crippen molar-refractivity contribution in [3.8, 4) is 5.88 Å². The monoisotopic (exact) mass is 207 g/mol. The number of hydrogen-bond donors (Lipinski definition) is 1. The minimum Gasteiger partial charge on any atom is -0.481 e. The van der Waals surface area contributed by atoms with Gasteiger partial charge in [-0.2, -0.15) is 0 Å². The van der Waals surface area contributed by atoms with Gasteiger partial charge in [0.2, 0.25) is 5.88 Å². The van der Waals surface area contributed by atoms with Gasteiger partial charge in [0.1, 0.15) is 0 Å². The first-order chi connectivity index (χ1) is 7.26. The Morgan fingerprint density at radius 1 is 1.33 bits per heavy atom. The lowest BCUT2D eigenvalue weighted by molar-refractivity contribution is -0.00307. The fourth-order valence-electron chi connectivity index (χ4n) is 2.31. The quantitative estimate of drug-likeness (QED) is 0.808. The Kier molecular flexibility index (Phi) is 2.91. The molecule has 0 amide bonds. The van der Waals surface area contributed by atoms with E-state index in [1.807, 2.05) is 12.1 Å². The zero-order chi connectivity index (χ0) is 10.7. The van der Waals surface area contributed by atoms with E-state index in [0.29, 0.717) is 5.88 Å². The second kappa shape index (κ2) is 4.19. The first-order valence-corrected chi connectivity index (χ1v) is 5.48. The highest BCUT2D eigenvalue weighted by molar-refractivity contribution is 5.31. The van der Waals surface area contributed by atoms with Gasteiger partial charge in [0.15, 0.2) is 0 Å². The minimum absolute atomic E-state index is 0.557. The second-order valence-electron chi connectivity index (χ2n) is 4.15. The molecule has 0 atom stereocenters. The lowest BCUT2D eigenvalue weighted by Crippen LogP contribution is -2.29. The van der Waals surface area contributed by atoms with Crippen molar-refractivity contribution in [2.24, 2.45) is 0 Å². The van der Waals surface area contributed by atoms with E-state index in [0.717, 1.165) is 31.2 Å². The Morgan fingerprint density at radius 3 is 2.73 bits per heavy atom. The van der Waals surface area contributed by atoms with Crippen LogP contribution in [0.3, 0.4) is 0 Å². The lowest BCUT2D eigenvalue weighted by Gasteiger charge is -2.32. The predicted octanol–water partition coefficient (Wildman–Crippen LogP) is 2.24. The molecule has 1 N–H and O–H groups in total. The summed E-state index contributed by atoms with van der Waals surface area (Å²) in [5.74, 6) is 0.557. The van der Waals surface area contributed by atoms with Gasteiger partial charge in [0.25, 0.3) is 0 Å². The Labute approximate surface area is 90.1 Å². The van der Waals surface area contributed by atoms with E-state index < -0.39 is 5.60 Å². The molecule has 1 aromatic heterocycles. The van der Waals surface area contributed by atoms with Crippen LogP contribution in [0.2, 0.25) is 0 Å². The maximum Gasteiger partial charge on any atom is 0.219 e. The SMILES string of the molecule is COc1ncccc1C1(O)CCCCC1. The van der Waals surface area contributed by atoms with Crippen molar-refractivity contribution < 1.29 is 9.84 Å². The van der Waals surface area contributed by atoms with Crippen LogP contribution in [0.25, 0.3) is 0 Å². The van der Waals surface area contributed by atoms with Crippen LogP contribution in [0.1, 0.15) is 37.7 Å². The third-order valence-electron chi connectivity index (χ3n) is 3.15. The number of nitrogens with zero attached hydrogens (tertiary/aromatic N) is 1. The van der Waals surface area contributed by atoms with Crippen LogP contribution in [0.5, 0.6) is 5.88 Å². The molecule has 0 saturated heterocycles. The molecule has 2 rings (SSSR count). The summed E-state index contributed by atoms with van der Waals surface area (Å²) in [4.78, 5) is 4.14. The van der Waals surface area contributed by atoms with E-state index in [2.05, 4.69) is 4.98 Å². The molecular formula is C12H17NO2. The molecule has 1 aliphatic rings. The third kappa shape index (κ3) is 1.97. The van der Waals surface area contributed by atoms with Gasteiger partial charge in [-0.1, -0.05) is 19.3 Å². The molecule has 1 aliphatic carbocycles. The summed E-state index contributed by atoms with van der Waals surface area (Å²) in [7, 11) is 1.60. The van der Waals surface area contributed by atoms with Crippen LogP contribution in [-0.2, 0) is 5.60 Å². The summed E-state index contributed by atoms with van der Waals surface area (Å²) >= 11 is 0. The number of ether oxygens (including phenoxy) is 1. The van der Waals surface area contributed by atoms with E-state index in [1.54, 1.807) is 13.3 Å². The van der Waals surface area contributed by atoms with Crippen molar-refractivity contribution in [3.63, 3.8) is 0 Å². The topological polar surface area (TPSA) is 42.4 Å². The van der Waals surface area contributed by atoms with Crippen LogP contribution < -0.4 is 4.74 Å². The van der Waals surface area contributed by atoms with Gasteiger partial charge >= 0.3 is 0 Å². The molecule has 1 heterocycles. The summed E-state index contributed by atoms with van der Waals surface area (Å²) in [5.41, 5.74) is 0.116. The molecule has 1 fully saturated rings. The van der Waals surface area contributed by atoms with Crippen LogP contribution in [0.4, 0.5) is 0 Å². The summed E-state index contributed by atoms with van der Waals surface area (Å²) in [6, 6.07) is 3.77. The van der Waals surface area contributed by atoms with E-state index >= 15 is 0 Å². The molecule has 82 valence electrons. The number of hydrogen-bond acceptors (Lipinski definition) is 3. The Bertz CT molecular complexity index is 332. The van der Waals surface area contributed by atoms with Crippen LogP contribution in [0.15, 0.2) is 18.3 Å². The molecule has 1 aromatic rings. The number of methoxy groups -OCH3 is 1. The molecule has 15 heavy (non-hydrogen) atoms. The third-order valence-corrected chi connectivity index (χ3v) is 3.15. The Balaban J connectivity index is 2.34. The van der Waals surface area contributed by atoms with E-state index in [-0.39, 0.29) is 0 Å². The average molecular weight is 207 g/mol. The van der Waals surface area contributed by atoms with E-state index in [4.69, 9.17) is 4.74 Å². The molecule has 1 saturated carbocycles. The van der Waals surface area contributed by atoms with Gasteiger partial charge in [-0.25, -0.2) is 4.98 Å². The second-order valence-corrected chi connectivity index (χ2v) is 4.15. The summed E-state index contributed by atoms with van der Waals surface area (Å²) in [5, 5.41) is 10.5. The Morgan fingerprint density at radius 2 is 2.07 bits per heavy atom. The average Bonchev–Trinajstić information content (AvgIpc) is 2.30. The molecule has 0 bridgehead atoms. The first kappa shape index (κ1) is 10.4. The smallest absolute Gasteiger partial charge is 0.219 e. The van der Waals surface area contributed by atoms with Crippen molar-refractivity contribution >= 4 is 0 Å². The van der Waals surface area contributed by atoms with E-state index in [1.165, 1.54) is 6.42 Å². The van der Waals surface area contributed by atoms with Crippen LogP contribution >= 0.6 is 0 Å². The number of rotatable bonds is 2. The normalized spacial score (nSPS) is 19.9. The molecular weight excluding hydrogens is 190 g/mol.